The number of hydrogen-bond acceptors (Lipinski definition) is 6. The predicted molar refractivity (Wildman–Crippen MR) is 141 cm³/mol. The fourth-order valence-electron chi connectivity index (χ4n) is 5.13. The fourth-order valence-corrected chi connectivity index (χ4v) is 5.13. The number of benzene rings is 1. The van der Waals surface area contributed by atoms with E-state index in [0.29, 0.717) is 24.4 Å². The van der Waals surface area contributed by atoms with Crippen LogP contribution in [0.1, 0.15) is 69.7 Å². The lowest BCUT2D eigenvalue weighted by Crippen LogP contribution is -2.39. The van der Waals surface area contributed by atoms with E-state index in [9.17, 15) is 0 Å². The highest BCUT2D eigenvalue weighted by Crippen LogP contribution is 2.37. The Kier molecular flexibility index (Phi) is 9.57. The van der Waals surface area contributed by atoms with E-state index < -0.39 is 0 Å². The number of aryl methyl sites for hydroxylation is 3. The van der Waals surface area contributed by atoms with Crippen LogP contribution in [-0.2, 0) is 0 Å². The molecule has 6 heteroatoms. The molecule has 6 nitrogen and oxygen atoms in total. The van der Waals surface area contributed by atoms with Gasteiger partial charge in [-0.25, -0.2) is 4.98 Å². The van der Waals surface area contributed by atoms with Gasteiger partial charge in [-0.05, 0) is 77.1 Å². The Morgan fingerprint density at radius 1 is 1.06 bits per heavy atom. The normalized spacial score (nSPS) is 16.5. The molecular weight excluding hydrogens is 424 g/mol. The first-order valence-electron chi connectivity index (χ1n) is 13.1. The van der Waals surface area contributed by atoms with Crippen molar-refractivity contribution >= 4 is 5.69 Å². The molecule has 0 radical (unpaired) electrons. The molecule has 0 spiro atoms. The van der Waals surface area contributed by atoms with Crippen LogP contribution in [0.3, 0.4) is 0 Å². The van der Waals surface area contributed by atoms with E-state index in [1.54, 1.807) is 7.11 Å². The minimum atomic E-state index is 0.632. The highest BCUT2D eigenvalue weighted by molar-refractivity contribution is 5.72. The molecule has 2 heterocycles. The zero-order chi connectivity index (χ0) is 24.7. The molecule has 1 fully saturated rings. The van der Waals surface area contributed by atoms with E-state index in [1.165, 1.54) is 24.8 Å². The minimum Gasteiger partial charge on any atom is -0.491 e. The summed E-state index contributed by atoms with van der Waals surface area (Å²) in [6.07, 6.45) is 6.03. The lowest BCUT2D eigenvalue weighted by molar-refractivity contribution is 0.133. The first-order chi connectivity index (χ1) is 16.4. The molecule has 1 aromatic carbocycles. The van der Waals surface area contributed by atoms with Gasteiger partial charge < -0.3 is 14.4 Å². The zero-order valence-corrected chi connectivity index (χ0v) is 22.4. The Morgan fingerprint density at radius 3 is 2.44 bits per heavy atom. The van der Waals surface area contributed by atoms with Gasteiger partial charge in [-0.15, -0.1) is 0 Å². The quantitative estimate of drug-likeness (QED) is 0.406. The van der Waals surface area contributed by atoms with Gasteiger partial charge in [-0.2, -0.15) is 4.98 Å². The van der Waals surface area contributed by atoms with E-state index in [2.05, 4.69) is 63.5 Å². The van der Waals surface area contributed by atoms with Crippen molar-refractivity contribution in [3.05, 3.63) is 29.0 Å². The average molecular weight is 469 g/mol. The van der Waals surface area contributed by atoms with Crippen LogP contribution in [0.15, 0.2) is 12.1 Å². The van der Waals surface area contributed by atoms with Crippen molar-refractivity contribution in [3.8, 4) is 23.0 Å². The molecule has 1 aliphatic rings. The molecular formula is C28H44N4O2. The lowest BCUT2D eigenvalue weighted by atomic mass is 10.0. The maximum absolute atomic E-state index is 6.40. The Hall–Kier alpha value is -2.34. The standard InChI is InChI=1S/C28H44N4O2/c1-8-13-32(14-9-2)26-23(6)29-27(30-28(26)33-7)25-21(4)18-20(3)19-24(25)34-17-16-31-15-11-10-12-22(31)5/h18-19,22H,8-17H2,1-7H3. The number of aromatic nitrogens is 2. The first kappa shape index (κ1) is 26.3. The van der Waals surface area contributed by atoms with Crippen LogP contribution in [0, 0.1) is 20.8 Å². The van der Waals surface area contributed by atoms with Crippen LogP contribution < -0.4 is 14.4 Å². The van der Waals surface area contributed by atoms with Gasteiger partial charge in [0.1, 0.15) is 18.0 Å². The van der Waals surface area contributed by atoms with Gasteiger partial charge in [0, 0.05) is 25.7 Å². The van der Waals surface area contributed by atoms with Gasteiger partial charge in [0.05, 0.1) is 18.4 Å². The highest BCUT2D eigenvalue weighted by atomic mass is 16.5. The molecule has 1 atom stereocenters. The molecule has 0 bridgehead atoms. The second kappa shape index (κ2) is 12.4. The molecule has 0 aliphatic carbocycles. The number of likely N-dealkylation sites (tertiary alicyclic amines) is 1. The van der Waals surface area contributed by atoms with E-state index in [4.69, 9.17) is 19.4 Å². The predicted octanol–water partition coefficient (Wildman–Crippen LogP) is 5.96. The molecule has 1 aromatic heterocycles. The van der Waals surface area contributed by atoms with Gasteiger partial charge in [0.15, 0.2) is 5.82 Å². The van der Waals surface area contributed by atoms with Crippen molar-refractivity contribution < 1.29 is 9.47 Å². The maximum atomic E-state index is 6.40. The van der Waals surface area contributed by atoms with Gasteiger partial charge >= 0.3 is 0 Å². The summed E-state index contributed by atoms with van der Waals surface area (Å²) in [7, 11) is 1.70. The number of methoxy groups -OCH3 is 1. The summed E-state index contributed by atoms with van der Waals surface area (Å²) < 4.78 is 12.2. The van der Waals surface area contributed by atoms with Crippen molar-refractivity contribution in [1.82, 2.24) is 14.9 Å². The second-order valence-corrected chi connectivity index (χ2v) is 9.66. The zero-order valence-electron chi connectivity index (χ0n) is 22.4. The van der Waals surface area contributed by atoms with Crippen molar-refractivity contribution in [2.45, 2.75) is 79.7 Å². The Morgan fingerprint density at radius 2 is 1.79 bits per heavy atom. The first-order valence-corrected chi connectivity index (χ1v) is 13.1. The molecule has 0 saturated carbocycles. The van der Waals surface area contributed by atoms with Crippen molar-refractivity contribution in [1.29, 1.82) is 0 Å². The van der Waals surface area contributed by atoms with Crippen molar-refractivity contribution in [2.75, 3.05) is 44.8 Å². The molecule has 1 aliphatic heterocycles. The smallest absolute Gasteiger partial charge is 0.241 e. The van der Waals surface area contributed by atoms with E-state index in [0.717, 1.165) is 67.3 Å². The molecule has 2 aromatic rings. The van der Waals surface area contributed by atoms with Crippen LogP contribution in [-0.4, -0.2) is 60.8 Å². The van der Waals surface area contributed by atoms with Gasteiger partial charge in [-0.1, -0.05) is 26.3 Å². The second-order valence-electron chi connectivity index (χ2n) is 9.66. The Balaban J connectivity index is 1.93. The fraction of sp³-hybridized carbons (Fsp3) is 0.643. The molecule has 3 rings (SSSR count). The topological polar surface area (TPSA) is 50.7 Å². The summed E-state index contributed by atoms with van der Waals surface area (Å²) in [5.74, 6) is 2.16. The Bertz CT molecular complexity index is 940. The van der Waals surface area contributed by atoms with Gasteiger partial charge in [0.25, 0.3) is 0 Å². The van der Waals surface area contributed by atoms with E-state index in [1.807, 2.05) is 0 Å². The maximum Gasteiger partial charge on any atom is 0.241 e. The van der Waals surface area contributed by atoms with Crippen molar-refractivity contribution in [2.24, 2.45) is 0 Å². The number of hydrogen-bond donors (Lipinski definition) is 0. The SMILES string of the molecule is CCCN(CCC)c1c(C)nc(-c2c(C)cc(C)cc2OCCN2CCCCC2C)nc1OC. The third kappa shape index (κ3) is 6.21. The summed E-state index contributed by atoms with van der Waals surface area (Å²) in [6, 6.07) is 4.92. The summed E-state index contributed by atoms with van der Waals surface area (Å²) in [4.78, 5) is 14.8. The number of piperidine rings is 1. The number of nitrogens with zero attached hydrogens (tertiary/aromatic N) is 4. The third-order valence-electron chi connectivity index (χ3n) is 6.77. The largest absolute Gasteiger partial charge is 0.491 e. The van der Waals surface area contributed by atoms with Gasteiger partial charge in [-0.3, -0.25) is 4.90 Å². The van der Waals surface area contributed by atoms with Crippen LogP contribution >= 0.6 is 0 Å². The number of anilines is 1. The molecule has 188 valence electrons. The summed E-state index contributed by atoms with van der Waals surface area (Å²) in [6.45, 7) is 17.7. The number of ether oxygens (including phenoxy) is 2. The molecule has 34 heavy (non-hydrogen) atoms. The molecule has 1 unspecified atom stereocenters. The minimum absolute atomic E-state index is 0.632. The third-order valence-corrected chi connectivity index (χ3v) is 6.77. The van der Waals surface area contributed by atoms with Crippen LogP contribution in [0.25, 0.3) is 11.4 Å². The monoisotopic (exact) mass is 468 g/mol. The number of rotatable bonds is 11. The van der Waals surface area contributed by atoms with Crippen LogP contribution in [0.4, 0.5) is 5.69 Å². The van der Waals surface area contributed by atoms with Crippen molar-refractivity contribution in [3.63, 3.8) is 0 Å². The lowest BCUT2D eigenvalue weighted by Gasteiger charge is -2.33. The van der Waals surface area contributed by atoms with E-state index >= 15 is 0 Å². The summed E-state index contributed by atoms with van der Waals surface area (Å²) in [5, 5.41) is 0. The van der Waals surface area contributed by atoms with Gasteiger partial charge in [0.2, 0.25) is 5.88 Å². The molecule has 0 N–H and O–H groups in total. The highest BCUT2D eigenvalue weighted by Gasteiger charge is 2.22. The van der Waals surface area contributed by atoms with E-state index in [-0.39, 0.29) is 0 Å². The molecule has 0 amide bonds. The summed E-state index contributed by atoms with van der Waals surface area (Å²) >= 11 is 0. The average Bonchev–Trinajstić information content (AvgIpc) is 2.79. The van der Waals surface area contributed by atoms with Crippen LogP contribution in [0.5, 0.6) is 11.6 Å². The van der Waals surface area contributed by atoms with Crippen LogP contribution in [0.2, 0.25) is 0 Å². The summed E-state index contributed by atoms with van der Waals surface area (Å²) in [5.41, 5.74) is 5.20. The molecule has 1 saturated heterocycles. The Labute approximate surface area is 206 Å².